The second-order valence-corrected chi connectivity index (χ2v) is 4.15. The fourth-order valence-corrected chi connectivity index (χ4v) is 1.88. The number of amides is 1. The maximum atomic E-state index is 12.1. The van der Waals surface area contributed by atoms with Gasteiger partial charge in [0, 0.05) is 17.1 Å². The molecule has 5 heteroatoms. The van der Waals surface area contributed by atoms with Crippen LogP contribution < -0.4 is 5.32 Å². The van der Waals surface area contributed by atoms with Crippen molar-refractivity contribution in [3.8, 4) is 0 Å². The van der Waals surface area contributed by atoms with Crippen molar-refractivity contribution in [3.63, 3.8) is 0 Å². The largest absolute Gasteiger partial charge is 0.480 e. The summed E-state index contributed by atoms with van der Waals surface area (Å²) in [7, 11) is 0. The highest BCUT2D eigenvalue weighted by Crippen LogP contribution is 2.16. The molecule has 1 amide bonds. The Kier molecular flexibility index (Phi) is 3.75. The molecule has 1 atom stereocenters. The standard InChI is InChI=1S/C14H14N2O3/c1-2-11(14(18)19)16-13(17)10-5-3-7-12-9(10)6-4-8-15-12/h3-8,11H,2H2,1H3,(H,16,17)(H,18,19)/t11-/m0/s1. The number of carboxylic acids is 1. The summed E-state index contributed by atoms with van der Waals surface area (Å²) in [6, 6.07) is 7.85. The van der Waals surface area contributed by atoms with Gasteiger partial charge in [-0.3, -0.25) is 9.78 Å². The summed E-state index contributed by atoms with van der Waals surface area (Å²) < 4.78 is 0. The van der Waals surface area contributed by atoms with Gasteiger partial charge in [0.1, 0.15) is 6.04 Å². The fourth-order valence-electron chi connectivity index (χ4n) is 1.88. The Hall–Kier alpha value is -2.43. The van der Waals surface area contributed by atoms with Crippen LogP contribution in [0.3, 0.4) is 0 Å². The van der Waals surface area contributed by atoms with Gasteiger partial charge in [-0.15, -0.1) is 0 Å². The molecule has 0 unspecified atom stereocenters. The van der Waals surface area contributed by atoms with E-state index in [4.69, 9.17) is 5.11 Å². The van der Waals surface area contributed by atoms with Crippen molar-refractivity contribution >= 4 is 22.8 Å². The molecule has 19 heavy (non-hydrogen) atoms. The van der Waals surface area contributed by atoms with Gasteiger partial charge in [0.15, 0.2) is 0 Å². The predicted octanol–water partition coefficient (Wildman–Crippen LogP) is 1.83. The van der Waals surface area contributed by atoms with Gasteiger partial charge in [0.05, 0.1) is 5.52 Å². The van der Waals surface area contributed by atoms with Crippen molar-refractivity contribution in [1.82, 2.24) is 10.3 Å². The van der Waals surface area contributed by atoms with Crippen molar-refractivity contribution in [2.45, 2.75) is 19.4 Å². The molecule has 5 nitrogen and oxygen atoms in total. The Labute approximate surface area is 110 Å². The van der Waals surface area contributed by atoms with Crippen LogP contribution in [0.4, 0.5) is 0 Å². The van der Waals surface area contributed by atoms with E-state index >= 15 is 0 Å². The molecule has 1 aromatic heterocycles. The summed E-state index contributed by atoms with van der Waals surface area (Å²) in [6.45, 7) is 1.71. The van der Waals surface area contributed by atoms with Crippen molar-refractivity contribution in [1.29, 1.82) is 0 Å². The summed E-state index contributed by atoms with van der Waals surface area (Å²) in [4.78, 5) is 27.2. The molecule has 0 saturated heterocycles. The van der Waals surface area contributed by atoms with Gasteiger partial charge in [-0.25, -0.2) is 4.79 Å². The molecule has 0 aliphatic rings. The first kappa shape index (κ1) is 13.0. The molecule has 2 N–H and O–H groups in total. The number of nitrogens with zero attached hydrogens (tertiary/aromatic N) is 1. The first-order chi connectivity index (χ1) is 9.13. The third-order valence-corrected chi connectivity index (χ3v) is 2.90. The van der Waals surface area contributed by atoms with Crippen molar-refractivity contribution in [3.05, 3.63) is 42.1 Å². The summed E-state index contributed by atoms with van der Waals surface area (Å²) in [6.07, 6.45) is 1.99. The van der Waals surface area contributed by atoms with Crippen LogP contribution in [0.2, 0.25) is 0 Å². The number of hydrogen-bond acceptors (Lipinski definition) is 3. The van der Waals surface area contributed by atoms with Gasteiger partial charge in [0.25, 0.3) is 5.91 Å². The Balaban J connectivity index is 2.34. The van der Waals surface area contributed by atoms with E-state index in [0.717, 1.165) is 0 Å². The molecule has 1 heterocycles. The number of aliphatic carboxylic acids is 1. The number of benzene rings is 1. The number of pyridine rings is 1. The van der Waals surface area contributed by atoms with Gasteiger partial charge in [-0.1, -0.05) is 19.1 Å². The Morgan fingerprint density at radius 3 is 2.79 bits per heavy atom. The summed E-state index contributed by atoms with van der Waals surface area (Å²) in [5.41, 5.74) is 1.14. The van der Waals surface area contributed by atoms with Gasteiger partial charge in [-0.05, 0) is 24.6 Å². The Morgan fingerprint density at radius 2 is 2.11 bits per heavy atom. The van der Waals surface area contributed by atoms with Crippen molar-refractivity contribution in [2.75, 3.05) is 0 Å². The zero-order valence-electron chi connectivity index (χ0n) is 10.5. The zero-order chi connectivity index (χ0) is 13.8. The average molecular weight is 258 g/mol. The predicted molar refractivity (Wildman–Crippen MR) is 70.9 cm³/mol. The molecule has 0 spiro atoms. The van der Waals surface area contributed by atoms with Crippen LogP contribution in [0.1, 0.15) is 23.7 Å². The smallest absolute Gasteiger partial charge is 0.326 e. The lowest BCUT2D eigenvalue weighted by atomic mass is 10.1. The summed E-state index contributed by atoms with van der Waals surface area (Å²) >= 11 is 0. The zero-order valence-corrected chi connectivity index (χ0v) is 10.5. The SMILES string of the molecule is CC[C@H](NC(=O)c1cccc2ncccc12)C(=O)O. The molecule has 0 fully saturated rings. The highest BCUT2D eigenvalue weighted by atomic mass is 16.4. The van der Waals surface area contributed by atoms with E-state index < -0.39 is 17.9 Å². The Morgan fingerprint density at radius 1 is 1.32 bits per heavy atom. The molecule has 98 valence electrons. The number of aromatic nitrogens is 1. The third kappa shape index (κ3) is 2.70. The monoisotopic (exact) mass is 258 g/mol. The molecular weight excluding hydrogens is 244 g/mol. The van der Waals surface area contributed by atoms with E-state index in [1.54, 1.807) is 43.5 Å². The summed E-state index contributed by atoms with van der Waals surface area (Å²) in [5.74, 6) is -1.43. The topological polar surface area (TPSA) is 79.3 Å². The summed E-state index contributed by atoms with van der Waals surface area (Å²) in [5, 5.41) is 12.2. The minimum Gasteiger partial charge on any atom is -0.480 e. The van der Waals surface area contributed by atoms with Crippen LogP contribution in [0.25, 0.3) is 10.9 Å². The molecule has 0 radical (unpaired) electrons. The maximum Gasteiger partial charge on any atom is 0.326 e. The number of carbonyl (C=O) groups is 2. The number of rotatable bonds is 4. The quantitative estimate of drug-likeness (QED) is 0.876. The highest BCUT2D eigenvalue weighted by molar-refractivity contribution is 6.07. The second kappa shape index (κ2) is 5.48. The third-order valence-electron chi connectivity index (χ3n) is 2.90. The van der Waals surface area contributed by atoms with Crippen LogP contribution in [0.5, 0.6) is 0 Å². The van der Waals surface area contributed by atoms with Crippen LogP contribution >= 0.6 is 0 Å². The van der Waals surface area contributed by atoms with Crippen molar-refractivity contribution in [2.24, 2.45) is 0 Å². The number of nitrogens with one attached hydrogen (secondary N) is 1. The number of carboxylic acid groups (broad SMARTS) is 1. The average Bonchev–Trinajstić information content (AvgIpc) is 2.43. The fraction of sp³-hybridized carbons (Fsp3) is 0.214. The van der Waals surface area contributed by atoms with Gasteiger partial charge in [-0.2, -0.15) is 0 Å². The number of fused-ring (bicyclic) bond motifs is 1. The van der Waals surface area contributed by atoms with E-state index in [0.29, 0.717) is 22.9 Å². The van der Waals surface area contributed by atoms with E-state index in [1.807, 2.05) is 0 Å². The van der Waals surface area contributed by atoms with Gasteiger partial charge in [0.2, 0.25) is 0 Å². The second-order valence-electron chi connectivity index (χ2n) is 4.15. The number of hydrogen-bond donors (Lipinski definition) is 2. The number of carbonyl (C=O) groups excluding carboxylic acids is 1. The van der Waals surface area contributed by atoms with Crippen LogP contribution in [0, 0.1) is 0 Å². The minimum absolute atomic E-state index is 0.337. The lowest BCUT2D eigenvalue weighted by molar-refractivity contribution is -0.139. The van der Waals surface area contributed by atoms with Gasteiger partial charge >= 0.3 is 5.97 Å². The molecule has 2 aromatic rings. The highest BCUT2D eigenvalue weighted by Gasteiger charge is 2.19. The first-order valence-electron chi connectivity index (χ1n) is 6.01. The maximum absolute atomic E-state index is 12.1. The molecule has 0 bridgehead atoms. The lowest BCUT2D eigenvalue weighted by Crippen LogP contribution is -2.40. The van der Waals surface area contributed by atoms with E-state index in [2.05, 4.69) is 10.3 Å². The molecule has 0 aliphatic heterocycles. The Bertz CT molecular complexity index is 620. The van der Waals surface area contributed by atoms with E-state index in [9.17, 15) is 9.59 Å². The molecule has 1 aromatic carbocycles. The van der Waals surface area contributed by atoms with E-state index in [1.165, 1.54) is 0 Å². The van der Waals surface area contributed by atoms with E-state index in [-0.39, 0.29) is 0 Å². The molecule has 0 aliphatic carbocycles. The molecule has 2 rings (SSSR count). The van der Waals surface area contributed by atoms with Crippen LogP contribution in [-0.4, -0.2) is 28.0 Å². The molecule has 0 saturated carbocycles. The minimum atomic E-state index is -1.03. The first-order valence-corrected chi connectivity index (χ1v) is 6.01. The van der Waals surface area contributed by atoms with Crippen molar-refractivity contribution < 1.29 is 14.7 Å². The van der Waals surface area contributed by atoms with Gasteiger partial charge < -0.3 is 10.4 Å². The van der Waals surface area contributed by atoms with Crippen LogP contribution in [0.15, 0.2) is 36.5 Å². The lowest BCUT2D eigenvalue weighted by Gasteiger charge is -2.13. The molecular formula is C14H14N2O3. The normalized spacial score (nSPS) is 12.1. The van der Waals surface area contributed by atoms with Crippen LogP contribution in [-0.2, 0) is 4.79 Å².